The molecule has 6 heteroatoms. The summed E-state index contributed by atoms with van der Waals surface area (Å²) in [5.74, 6) is 0.0478. The van der Waals surface area contributed by atoms with Crippen molar-refractivity contribution in [2.45, 2.75) is 37.8 Å². The largest absolute Gasteiger partial charge is 0.459 e. The SMILES string of the molecule is O=C(N[C@@H]1CCCC[C@H]1NC(=O)c1ccco1)c1ccco1. The van der Waals surface area contributed by atoms with Crippen LogP contribution in [0.1, 0.15) is 46.8 Å². The van der Waals surface area contributed by atoms with Crippen molar-refractivity contribution in [2.24, 2.45) is 0 Å². The highest BCUT2D eigenvalue weighted by Crippen LogP contribution is 2.20. The molecule has 2 N–H and O–H groups in total. The van der Waals surface area contributed by atoms with Gasteiger partial charge in [-0.2, -0.15) is 0 Å². The average Bonchev–Trinajstić information content (AvgIpc) is 3.23. The average molecular weight is 302 g/mol. The van der Waals surface area contributed by atoms with E-state index in [2.05, 4.69) is 10.6 Å². The van der Waals surface area contributed by atoms with E-state index in [-0.39, 0.29) is 35.4 Å². The fourth-order valence-corrected chi connectivity index (χ4v) is 2.77. The van der Waals surface area contributed by atoms with Gasteiger partial charge in [0.2, 0.25) is 0 Å². The molecule has 1 saturated carbocycles. The van der Waals surface area contributed by atoms with Crippen molar-refractivity contribution >= 4 is 11.8 Å². The number of hydrogen-bond acceptors (Lipinski definition) is 4. The van der Waals surface area contributed by atoms with E-state index in [0.29, 0.717) is 0 Å². The predicted octanol–water partition coefficient (Wildman–Crippen LogP) is 2.34. The van der Waals surface area contributed by atoms with Crippen molar-refractivity contribution in [1.29, 1.82) is 0 Å². The minimum atomic E-state index is -0.255. The molecule has 0 bridgehead atoms. The van der Waals surface area contributed by atoms with Crippen LogP contribution in [0.3, 0.4) is 0 Å². The summed E-state index contributed by atoms with van der Waals surface area (Å²) < 4.78 is 10.2. The van der Waals surface area contributed by atoms with Crippen LogP contribution < -0.4 is 10.6 Å². The lowest BCUT2D eigenvalue weighted by atomic mass is 9.90. The Morgan fingerprint density at radius 2 is 1.32 bits per heavy atom. The molecule has 2 amide bonds. The Bertz CT molecular complexity index is 562. The Morgan fingerprint density at radius 1 is 0.864 bits per heavy atom. The van der Waals surface area contributed by atoms with Gasteiger partial charge in [0, 0.05) is 12.1 Å². The molecule has 3 rings (SSSR count). The van der Waals surface area contributed by atoms with E-state index < -0.39 is 0 Å². The molecule has 2 heterocycles. The Balaban J connectivity index is 1.63. The standard InChI is InChI=1S/C16H18N2O4/c19-15(13-7-3-9-21-13)17-11-5-1-2-6-12(11)18-16(20)14-8-4-10-22-14/h3-4,7-12H,1-2,5-6H2,(H,17,19)(H,18,20)/t11-,12-/m1/s1. The lowest BCUT2D eigenvalue weighted by Gasteiger charge is -2.32. The molecule has 1 aliphatic rings. The van der Waals surface area contributed by atoms with Gasteiger partial charge in [-0.05, 0) is 37.1 Å². The molecule has 0 unspecified atom stereocenters. The molecular weight excluding hydrogens is 284 g/mol. The number of carbonyl (C=O) groups is 2. The highest BCUT2D eigenvalue weighted by atomic mass is 16.3. The minimum absolute atomic E-state index is 0.106. The van der Waals surface area contributed by atoms with Crippen molar-refractivity contribution in [3.05, 3.63) is 48.3 Å². The van der Waals surface area contributed by atoms with Crippen molar-refractivity contribution in [3.8, 4) is 0 Å². The number of hydrogen-bond donors (Lipinski definition) is 2. The number of furan rings is 2. The summed E-state index contributed by atoms with van der Waals surface area (Å²) in [5, 5.41) is 5.89. The highest BCUT2D eigenvalue weighted by Gasteiger charge is 2.29. The number of rotatable bonds is 4. The number of amides is 2. The molecule has 0 spiro atoms. The molecule has 1 aliphatic carbocycles. The lowest BCUT2D eigenvalue weighted by molar-refractivity contribution is 0.0834. The maximum absolute atomic E-state index is 12.1. The highest BCUT2D eigenvalue weighted by molar-refractivity contribution is 5.92. The van der Waals surface area contributed by atoms with Gasteiger partial charge in [-0.1, -0.05) is 12.8 Å². The van der Waals surface area contributed by atoms with Gasteiger partial charge in [0.15, 0.2) is 11.5 Å². The Hall–Kier alpha value is -2.50. The molecule has 0 radical (unpaired) electrons. The summed E-state index contributed by atoms with van der Waals surface area (Å²) in [7, 11) is 0. The summed E-state index contributed by atoms with van der Waals surface area (Å²) in [5.41, 5.74) is 0. The third-order valence-corrected chi connectivity index (χ3v) is 3.89. The Kier molecular flexibility index (Phi) is 4.27. The normalized spacial score (nSPS) is 21.3. The molecule has 0 aliphatic heterocycles. The van der Waals surface area contributed by atoms with E-state index >= 15 is 0 Å². The first-order valence-electron chi connectivity index (χ1n) is 7.43. The molecule has 6 nitrogen and oxygen atoms in total. The summed E-state index contributed by atoms with van der Waals surface area (Å²) in [6, 6.07) is 6.37. The van der Waals surface area contributed by atoms with E-state index in [1.54, 1.807) is 24.3 Å². The van der Waals surface area contributed by atoms with Gasteiger partial charge in [-0.25, -0.2) is 0 Å². The quantitative estimate of drug-likeness (QED) is 0.908. The van der Waals surface area contributed by atoms with Crippen LogP contribution in [0, 0.1) is 0 Å². The van der Waals surface area contributed by atoms with E-state index in [4.69, 9.17) is 8.83 Å². The third kappa shape index (κ3) is 3.21. The summed E-state index contributed by atoms with van der Waals surface area (Å²) in [6.45, 7) is 0. The zero-order chi connectivity index (χ0) is 15.4. The molecule has 0 saturated heterocycles. The van der Waals surface area contributed by atoms with Gasteiger partial charge < -0.3 is 19.5 Å². The predicted molar refractivity (Wildman–Crippen MR) is 78.4 cm³/mol. The second kappa shape index (κ2) is 6.51. The zero-order valence-electron chi connectivity index (χ0n) is 12.1. The molecule has 2 atom stereocenters. The maximum Gasteiger partial charge on any atom is 0.287 e. The van der Waals surface area contributed by atoms with Gasteiger partial charge >= 0.3 is 0 Å². The third-order valence-electron chi connectivity index (χ3n) is 3.89. The second-order valence-corrected chi connectivity index (χ2v) is 5.40. The van der Waals surface area contributed by atoms with Gasteiger partial charge in [0.25, 0.3) is 11.8 Å². The summed E-state index contributed by atoms with van der Waals surface area (Å²) >= 11 is 0. The first-order valence-corrected chi connectivity index (χ1v) is 7.43. The molecular formula is C16H18N2O4. The smallest absolute Gasteiger partial charge is 0.287 e. The van der Waals surface area contributed by atoms with Crippen molar-refractivity contribution in [3.63, 3.8) is 0 Å². The first kappa shape index (κ1) is 14.4. The second-order valence-electron chi connectivity index (χ2n) is 5.40. The van der Waals surface area contributed by atoms with Crippen LogP contribution in [-0.4, -0.2) is 23.9 Å². The van der Waals surface area contributed by atoms with E-state index in [0.717, 1.165) is 25.7 Å². The summed E-state index contributed by atoms with van der Waals surface area (Å²) in [6.07, 6.45) is 6.63. The van der Waals surface area contributed by atoms with E-state index in [9.17, 15) is 9.59 Å². The fraction of sp³-hybridized carbons (Fsp3) is 0.375. The molecule has 2 aromatic heterocycles. The van der Waals surface area contributed by atoms with Crippen LogP contribution in [0.15, 0.2) is 45.6 Å². The van der Waals surface area contributed by atoms with Crippen LogP contribution in [0.5, 0.6) is 0 Å². The Morgan fingerprint density at radius 3 is 1.68 bits per heavy atom. The van der Waals surface area contributed by atoms with Gasteiger partial charge in [0.1, 0.15) is 0 Å². The monoisotopic (exact) mass is 302 g/mol. The molecule has 116 valence electrons. The Labute approximate surface area is 127 Å². The van der Waals surface area contributed by atoms with E-state index in [1.165, 1.54) is 12.5 Å². The first-order chi connectivity index (χ1) is 10.7. The van der Waals surface area contributed by atoms with Crippen LogP contribution in [-0.2, 0) is 0 Å². The number of nitrogens with one attached hydrogen (secondary N) is 2. The summed E-state index contributed by atoms with van der Waals surface area (Å²) in [4.78, 5) is 24.2. The van der Waals surface area contributed by atoms with Crippen LogP contribution in [0.4, 0.5) is 0 Å². The topological polar surface area (TPSA) is 84.5 Å². The maximum atomic E-state index is 12.1. The van der Waals surface area contributed by atoms with Crippen molar-refractivity contribution in [2.75, 3.05) is 0 Å². The number of carbonyl (C=O) groups excluding carboxylic acids is 2. The van der Waals surface area contributed by atoms with E-state index in [1.807, 2.05) is 0 Å². The van der Waals surface area contributed by atoms with Crippen LogP contribution in [0.2, 0.25) is 0 Å². The van der Waals surface area contributed by atoms with Gasteiger partial charge in [-0.3, -0.25) is 9.59 Å². The van der Waals surface area contributed by atoms with Crippen LogP contribution in [0.25, 0.3) is 0 Å². The molecule has 1 fully saturated rings. The van der Waals surface area contributed by atoms with Crippen molar-refractivity contribution < 1.29 is 18.4 Å². The zero-order valence-corrected chi connectivity index (χ0v) is 12.1. The minimum Gasteiger partial charge on any atom is -0.459 e. The molecule has 2 aromatic rings. The molecule has 0 aromatic carbocycles. The lowest BCUT2D eigenvalue weighted by Crippen LogP contribution is -2.53. The van der Waals surface area contributed by atoms with Gasteiger partial charge in [0.05, 0.1) is 12.5 Å². The van der Waals surface area contributed by atoms with Gasteiger partial charge in [-0.15, -0.1) is 0 Å². The fourth-order valence-electron chi connectivity index (χ4n) is 2.77. The van der Waals surface area contributed by atoms with Crippen molar-refractivity contribution in [1.82, 2.24) is 10.6 Å². The van der Waals surface area contributed by atoms with Crippen LogP contribution >= 0.6 is 0 Å². The molecule has 22 heavy (non-hydrogen) atoms.